The first-order valence-corrected chi connectivity index (χ1v) is 11.3. The highest BCUT2D eigenvalue weighted by molar-refractivity contribution is 7.89. The topological polar surface area (TPSA) is 108 Å². The third-order valence-corrected chi connectivity index (χ3v) is 6.54. The molecule has 8 nitrogen and oxygen atoms in total. The van der Waals surface area contributed by atoms with Crippen LogP contribution in [0.5, 0.6) is 0 Å². The van der Waals surface area contributed by atoms with Gasteiger partial charge in [0.2, 0.25) is 21.8 Å². The van der Waals surface area contributed by atoms with E-state index in [1.807, 2.05) is 30.3 Å². The maximum atomic E-state index is 12.9. The number of nitrogens with zero attached hydrogens (tertiary/aromatic N) is 2. The summed E-state index contributed by atoms with van der Waals surface area (Å²) in [6, 6.07) is 18.3. The average Bonchev–Trinajstić information content (AvgIpc) is 2.78. The van der Waals surface area contributed by atoms with E-state index in [1.54, 1.807) is 24.5 Å². The second-order valence-electron chi connectivity index (χ2n) is 7.16. The molecule has 1 aromatic heterocycles. The molecule has 2 amide bonds. The Labute approximate surface area is 187 Å². The minimum Gasteiger partial charge on any atom is -0.344 e. The van der Waals surface area contributed by atoms with Crippen LogP contribution in [0.1, 0.15) is 24.1 Å². The van der Waals surface area contributed by atoms with Gasteiger partial charge in [-0.25, -0.2) is 8.42 Å². The van der Waals surface area contributed by atoms with Gasteiger partial charge in [0.25, 0.3) is 0 Å². The van der Waals surface area contributed by atoms with Crippen LogP contribution in [-0.2, 0) is 19.6 Å². The minimum atomic E-state index is -3.89. The van der Waals surface area contributed by atoms with Gasteiger partial charge in [0.15, 0.2) is 0 Å². The zero-order valence-electron chi connectivity index (χ0n) is 17.7. The van der Waals surface area contributed by atoms with E-state index in [1.165, 1.54) is 38.2 Å². The number of amides is 2. The molecule has 0 bridgehead atoms. The molecule has 2 N–H and O–H groups in total. The van der Waals surface area contributed by atoms with E-state index in [0.717, 1.165) is 15.4 Å². The normalized spacial score (nSPS) is 12.2. The van der Waals surface area contributed by atoms with Gasteiger partial charge in [-0.2, -0.15) is 4.31 Å². The highest BCUT2D eigenvalue weighted by Gasteiger charge is 2.25. The van der Waals surface area contributed by atoms with E-state index in [4.69, 9.17) is 0 Å². The fourth-order valence-corrected chi connectivity index (χ4v) is 4.27. The summed E-state index contributed by atoms with van der Waals surface area (Å²) in [4.78, 5) is 28.0. The van der Waals surface area contributed by atoms with E-state index in [2.05, 4.69) is 15.6 Å². The molecule has 32 heavy (non-hydrogen) atoms. The summed E-state index contributed by atoms with van der Waals surface area (Å²) in [5.41, 5.74) is 2.18. The summed E-state index contributed by atoms with van der Waals surface area (Å²) in [7, 11) is -2.55. The van der Waals surface area contributed by atoms with E-state index in [0.29, 0.717) is 5.69 Å². The average molecular weight is 453 g/mol. The van der Waals surface area contributed by atoms with Crippen molar-refractivity contribution >= 4 is 27.5 Å². The Balaban J connectivity index is 1.74. The summed E-state index contributed by atoms with van der Waals surface area (Å²) >= 11 is 0. The third-order valence-electron chi connectivity index (χ3n) is 4.73. The predicted molar refractivity (Wildman–Crippen MR) is 121 cm³/mol. The molecule has 0 radical (unpaired) electrons. The molecule has 3 rings (SSSR count). The van der Waals surface area contributed by atoms with Crippen LogP contribution >= 0.6 is 0 Å². The van der Waals surface area contributed by atoms with Crippen LogP contribution in [0.2, 0.25) is 0 Å². The second-order valence-corrected chi connectivity index (χ2v) is 9.20. The smallest absolute Gasteiger partial charge is 0.243 e. The first kappa shape index (κ1) is 23.1. The number of carbonyl (C=O) groups excluding carboxylic acids is 2. The minimum absolute atomic E-state index is 0.0237. The summed E-state index contributed by atoms with van der Waals surface area (Å²) < 4.78 is 26.7. The van der Waals surface area contributed by atoms with Crippen molar-refractivity contribution in [2.75, 3.05) is 18.9 Å². The van der Waals surface area contributed by atoms with Crippen LogP contribution in [-0.4, -0.2) is 43.1 Å². The molecule has 1 atom stereocenters. The lowest BCUT2D eigenvalue weighted by Gasteiger charge is -2.22. The first-order chi connectivity index (χ1) is 15.3. The largest absolute Gasteiger partial charge is 0.344 e. The Morgan fingerprint density at radius 2 is 1.53 bits per heavy atom. The number of rotatable bonds is 8. The van der Waals surface area contributed by atoms with Crippen molar-refractivity contribution in [2.45, 2.75) is 17.9 Å². The molecule has 9 heteroatoms. The highest BCUT2D eigenvalue weighted by atomic mass is 32.2. The molecule has 2 aromatic carbocycles. The number of hydrogen-bond acceptors (Lipinski definition) is 5. The predicted octanol–water partition coefficient (Wildman–Crippen LogP) is 2.57. The fraction of sp³-hybridized carbons (Fsp3) is 0.174. The molecule has 3 aromatic rings. The van der Waals surface area contributed by atoms with E-state index in [9.17, 15) is 18.0 Å². The molecular weight excluding hydrogens is 428 g/mol. The number of aromatic nitrogens is 1. The molecule has 0 aliphatic rings. The quantitative estimate of drug-likeness (QED) is 0.546. The number of benzene rings is 2. The Hall–Kier alpha value is -3.56. The monoisotopic (exact) mass is 452 g/mol. The van der Waals surface area contributed by atoms with Crippen LogP contribution < -0.4 is 10.6 Å². The van der Waals surface area contributed by atoms with Crippen molar-refractivity contribution in [2.24, 2.45) is 0 Å². The first-order valence-electron chi connectivity index (χ1n) is 9.85. The van der Waals surface area contributed by atoms with Gasteiger partial charge in [0, 0.05) is 32.1 Å². The van der Waals surface area contributed by atoms with Crippen LogP contribution in [0, 0.1) is 0 Å². The molecule has 0 aliphatic heterocycles. The second kappa shape index (κ2) is 10.2. The summed E-state index contributed by atoms with van der Waals surface area (Å²) in [5.74, 6) is -0.701. The molecule has 1 unspecified atom stereocenters. The Morgan fingerprint density at radius 1 is 0.938 bits per heavy atom. The fourth-order valence-electron chi connectivity index (χ4n) is 3.15. The van der Waals surface area contributed by atoms with Gasteiger partial charge in [0.1, 0.15) is 0 Å². The molecule has 166 valence electrons. The van der Waals surface area contributed by atoms with E-state index < -0.39 is 22.0 Å². The standard InChI is InChI=1S/C23H24N4O4S/c1-17(28)25-20-8-10-21(11-9-20)32(30,31)27(2)16-22(29)26-23(18-6-4-3-5-7-18)19-12-14-24-15-13-19/h3-15,23H,16H2,1-2H3,(H,25,28)(H,26,29). The number of nitrogens with one attached hydrogen (secondary N) is 2. The van der Waals surface area contributed by atoms with Crippen molar-refractivity contribution in [3.05, 3.63) is 90.3 Å². The van der Waals surface area contributed by atoms with Crippen LogP contribution in [0.15, 0.2) is 84.0 Å². The Kier molecular flexibility index (Phi) is 7.34. The van der Waals surface area contributed by atoms with Gasteiger partial charge >= 0.3 is 0 Å². The van der Waals surface area contributed by atoms with Gasteiger partial charge in [-0.05, 0) is 47.5 Å². The van der Waals surface area contributed by atoms with Gasteiger partial charge in [-0.1, -0.05) is 30.3 Å². The maximum Gasteiger partial charge on any atom is 0.243 e. The van der Waals surface area contributed by atoms with Crippen LogP contribution in [0.4, 0.5) is 5.69 Å². The molecule has 1 heterocycles. The molecule has 0 aliphatic carbocycles. The lowest BCUT2D eigenvalue weighted by Crippen LogP contribution is -2.40. The summed E-state index contributed by atoms with van der Waals surface area (Å²) in [6.45, 7) is 1.01. The Morgan fingerprint density at radius 3 is 2.12 bits per heavy atom. The van der Waals surface area contributed by atoms with Crippen molar-refractivity contribution in [1.29, 1.82) is 0 Å². The maximum absolute atomic E-state index is 12.9. The number of anilines is 1. The number of sulfonamides is 1. The van der Waals surface area contributed by atoms with Crippen LogP contribution in [0.3, 0.4) is 0 Å². The summed E-state index contributed by atoms with van der Waals surface area (Å²) in [6.07, 6.45) is 3.28. The molecule has 0 saturated carbocycles. The third kappa shape index (κ3) is 5.77. The van der Waals surface area contributed by atoms with Gasteiger partial charge in [-0.3, -0.25) is 14.6 Å². The van der Waals surface area contributed by atoms with Gasteiger partial charge in [-0.15, -0.1) is 0 Å². The zero-order valence-corrected chi connectivity index (χ0v) is 18.5. The number of likely N-dealkylation sites (N-methyl/N-ethyl adjacent to an activating group) is 1. The molecule has 0 saturated heterocycles. The van der Waals surface area contributed by atoms with Crippen molar-refractivity contribution < 1.29 is 18.0 Å². The van der Waals surface area contributed by atoms with Crippen LogP contribution in [0.25, 0.3) is 0 Å². The zero-order chi connectivity index (χ0) is 23.1. The van der Waals surface area contributed by atoms with Crippen molar-refractivity contribution in [3.63, 3.8) is 0 Å². The molecule has 0 spiro atoms. The highest BCUT2D eigenvalue weighted by Crippen LogP contribution is 2.22. The van der Waals surface area contributed by atoms with E-state index in [-0.39, 0.29) is 17.3 Å². The Bertz CT molecular complexity index is 1130. The summed E-state index contributed by atoms with van der Waals surface area (Å²) in [5, 5.41) is 5.50. The lowest BCUT2D eigenvalue weighted by atomic mass is 10.00. The van der Waals surface area contributed by atoms with Crippen molar-refractivity contribution in [3.8, 4) is 0 Å². The van der Waals surface area contributed by atoms with Gasteiger partial charge in [0.05, 0.1) is 17.5 Å². The van der Waals surface area contributed by atoms with Crippen molar-refractivity contribution in [1.82, 2.24) is 14.6 Å². The number of pyridine rings is 1. The van der Waals surface area contributed by atoms with E-state index >= 15 is 0 Å². The molecule has 0 fully saturated rings. The number of hydrogen-bond donors (Lipinski definition) is 2. The SMILES string of the molecule is CC(=O)Nc1ccc(S(=O)(=O)N(C)CC(=O)NC(c2ccccc2)c2ccncc2)cc1. The number of carbonyl (C=O) groups is 2. The lowest BCUT2D eigenvalue weighted by molar-refractivity contribution is -0.121. The molecular formula is C23H24N4O4S. The van der Waals surface area contributed by atoms with Gasteiger partial charge < -0.3 is 10.6 Å².